The number of hydrogen-bond acceptors (Lipinski definition) is 19. The molecule has 3 aromatic heterocycles. The van der Waals surface area contributed by atoms with Gasteiger partial charge in [0.15, 0.2) is 17.4 Å². The van der Waals surface area contributed by atoms with Crippen LogP contribution >= 0.6 is 15.0 Å². The molecular weight excluding hydrogens is 941 g/mol. The average Bonchev–Trinajstić information content (AvgIpc) is 3.91. The number of amides is 1. The number of ether oxygens (including phenoxy) is 2. The number of aromatic nitrogens is 7. The molecule has 1 amide bonds. The first-order chi connectivity index (χ1) is 30.7. The predicted molar refractivity (Wildman–Crippen MR) is 242 cm³/mol. The number of anilines is 1. The molecule has 0 bridgehead atoms. The molecule has 1 aliphatic carbocycles. The molecule has 3 fully saturated rings. The van der Waals surface area contributed by atoms with Crippen LogP contribution in [0.1, 0.15) is 94.7 Å². The van der Waals surface area contributed by atoms with Crippen molar-refractivity contribution in [1.82, 2.24) is 34.9 Å². The number of hydrogen-bond donors (Lipinski definition) is 3. The van der Waals surface area contributed by atoms with Gasteiger partial charge in [-0.3, -0.25) is 24.4 Å². The molecule has 0 aromatic carbocycles. The monoisotopic (exact) mass is 1000 g/mol. The minimum absolute atomic E-state index is 0.0216. The average molecular weight is 1000 g/mol. The Morgan fingerprint density at radius 2 is 1.82 bits per heavy atom. The molecule has 3 aliphatic rings. The number of nitrogens with zero attached hydrogens (tertiary/aromatic N) is 7. The highest BCUT2D eigenvalue weighted by molar-refractivity contribution is 8.07. The van der Waals surface area contributed by atoms with E-state index in [-0.39, 0.29) is 77.8 Å². The van der Waals surface area contributed by atoms with E-state index in [2.05, 4.69) is 97.0 Å². The topological polar surface area (TPSA) is 276 Å². The molecule has 27 heteroatoms. The summed E-state index contributed by atoms with van der Waals surface area (Å²) < 4.78 is 73.3. The molecule has 0 spiro atoms. The maximum atomic E-state index is 13.4. The quantitative estimate of drug-likeness (QED) is 0.0684. The van der Waals surface area contributed by atoms with Crippen molar-refractivity contribution in [1.29, 1.82) is 5.26 Å². The molecule has 6 rings (SSSR count). The summed E-state index contributed by atoms with van der Waals surface area (Å²) in [5.74, 6) is -1.17. The molecule has 3 N–H and O–H groups in total. The smallest absolute Gasteiger partial charge is 0.474 e. The van der Waals surface area contributed by atoms with Crippen molar-refractivity contribution < 1.29 is 54.8 Å². The van der Waals surface area contributed by atoms with Crippen molar-refractivity contribution in [2.24, 2.45) is 11.8 Å². The Kier molecular flexibility index (Phi) is 17.0. The van der Waals surface area contributed by atoms with Crippen LogP contribution in [0, 0.1) is 23.2 Å². The second-order valence-electron chi connectivity index (χ2n) is 17.8. The van der Waals surface area contributed by atoms with Gasteiger partial charge in [0, 0.05) is 35.1 Å². The van der Waals surface area contributed by atoms with Crippen molar-refractivity contribution in [2.75, 3.05) is 25.1 Å². The summed E-state index contributed by atoms with van der Waals surface area (Å²) in [7, 11) is -9.42. The fraction of sp³-hybridized carbons (Fsp3) is 0.737. The van der Waals surface area contributed by atoms with Gasteiger partial charge in [0.05, 0.1) is 32.3 Å². The highest BCUT2D eigenvalue weighted by Gasteiger charge is 2.63. The first-order valence-corrected chi connectivity index (χ1v) is 29.4. The number of rotatable bonds is 19. The molecule has 1 saturated carbocycles. The van der Waals surface area contributed by atoms with E-state index in [1.54, 1.807) is 19.9 Å². The lowest BCUT2D eigenvalue weighted by Crippen LogP contribution is -2.65. The van der Waals surface area contributed by atoms with Crippen molar-refractivity contribution in [2.45, 2.75) is 147 Å². The maximum Gasteiger partial charge on any atom is 0.695 e. The van der Waals surface area contributed by atoms with Crippen molar-refractivity contribution in [3.05, 3.63) is 28.9 Å². The van der Waals surface area contributed by atoms with E-state index in [4.69, 9.17) is 52.3 Å². The molecule has 5 heterocycles. The van der Waals surface area contributed by atoms with Crippen LogP contribution < -0.4 is 15.6 Å². The van der Waals surface area contributed by atoms with Gasteiger partial charge in [0.25, 0.3) is 5.56 Å². The normalized spacial score (nSPS) is 26.6. The lowest BCUT2D eigenvalue weighted by atomic mass is 10.1. The third kappa shape index (κ3) is 11.5. The molecule has 3 aromatic rings. The van der Waals surface area contributed by atoms with E-state index in [0.717, 1.165) is 0 Å². The van der Waals surface area contributed by atoms with Gasteiger partial charge < -0.3 is 31.5 Å². The van der Waals surface area contributed by atoms with E-state index < -0.39 is 86.2 Å². The van der Waals surface area contributed by atoms with Gasteiger partial charge in [-0.15, -0.1) is 14.5 Å². The number of aromatic amines is 1. The number of nitrogens with one attached hydrogen (secondary N) is 2. The van der Waals surface area contributed by atoms with Gasteiger partial charge >= 0.3 is 32.1 Å². The molecule has 2 saturated heterocycles. The third-order valence-electron chi connectivity index (χ3n) is 11.8. The fourth-order valence-corrected chi connectivity index (χ4v) is 22.3. The maximum absolute atomic E-state index is 13.4. The van der Waals surface area contributed by atoms with E-state index in [9.17, 15) is 24.3 Å². The Bertz CT molecular complexity index is 2270. The van der Waals surface area contributed by atoms with Crippen molar-refractivity contribution in [3.63, 3.8) is 0 Å². The number of nitriles is 1. The van der Waals surface area contributed by atoms with Crippen LogP contribution in [-0.4, -0.2) is 113 Å². The minimum atomic E-state index is -3.98. The summed E-state index contributed by atoms with van der Waals surface area (Å²) in [6.45, 7) is 15.8. The highest BCUT2D eigenvalue weighted by atomic mass is 32.5. The van der Waals surface area contributed by atoms with E-state index in [0.29, 0.717) is 12.3 Å². The van der Waals surface area contributed by atoms with Gasteiger partial charge in [-0.25, -0.2) is 9.97 Å². The number of H-pyrrole nitrogens is 1. The number of fused-ring (bicyclic) bond motifs is 2. The third-order valence-corrected chi connectivity index (χ3v) is 24.8. The Balaban J connectivity index is 1.44. The SMILES string of the molecule is CC(C)C(=O)Nc1nc2c(nnn2[C@@H]2O[C@@H]3CO[Si](C(C)C)(C(C)C)O[Si](C(C)C)(C(C)C)O[C@H]3[C@H]2O[P@](=S)(OCCC#N)OC[C@H]2C[C@@H](Oc3ccncn3)C[C@@H]2O[P+](=O)O)c(=O)[nH]1. The van der Waals surface area contributed by atoms with Crippen molar-refractivity contribution in [3.8, 4) is 11.9 Å². The van der Waals surface area contributed by atoms with E-state index in [1.165, 1.54) is 17.2 Å². The molecule has 2 aliphatic heterocycles. The first kappa shape index (κ1) is 51.3. The Hall–Kier alpha value is -3.06. The van der Waals surface area contributed by atoms with Crippen LogP contribution in [0.25, 0.3) is 11.2 Å². The second kappa shape index (κ2) is 21.5. The van der Waals surface area contributed by atoms with Gasteiger partial charge in [-0.2, -0.15) is 14.9 Å². The summed E-state index contributed by atoms with van der Waals surface area (Å²) in [6.07, 6.45) is -2.20. The van der Waals surface area contributed by atoms with Crippen LogP contribution in [0.4, 0.5) is 5.95 Å². The van der Waals surface area contributed by atoms with Gasteiger partial charge in [-0.05, 0) is 40.4 Å². The minimum Gasteiger partial charge on any atom is -0.474 e. The second-order valence-corrected chi connectivity index (χ2v) is 30.3. The molecule has 65 heavy (non-hydrogen) atoms. The van der Waals surface area contributed by atoms with Gasteiger partial charge in [-0.1, -0.05) is 74.5 Å². The van der Waals surface area contributed by atoms with E-state index in [1.807, 2.05) is 0 Å². The number of carbonyl (C=O) groups excluding carboxylic acids is 1. The summed E-state index contributed by atoms with van der Waals surface area (Å²) in [5, 5.41) is 20.7. The number of carbonyl (C=O) groups is 1. The largest absolute Gasteiger partial charge is 0.695 e. The molecule has 0 radical (unpaired) electrons. The van der Waals surface area contributed by atoms with Crippen LogP contribution in [0.5, 0.6) is 5.88 Å². The molecule has 358 valence electrons. The van der Waals surface area contributed by atoms with Crippen molar-refractivity contribution >= 4 is 66.9 Å². The zero-order valence-corrected chi connectivity index (χ0v) is 42.8. The lowest BCUT2D eigenvalue weighted by molar-refractivity contribution is -0.118. The molecule has 1 unspecified atom stereocenters. The van der Waals surface area contributed by atoms with Gasteiger partial charge in [0.1, 0.15) is 36.8 Å². The first-order valence-electron chi connectivity index (χ1n) is 21.8. The molecule has 22 nitrogen and oxygen atoms in total. The standard InChI is InChI=1S/C38H59N9O13P2SSi2/c1-21(2)35(48)43-38-42-34-31(36(49)44-38)45-46-47(34)37-33(32-29(56-37)19-54-64(22(3)4,23(5)6)60-65(59-32,24(7)8)25(9)10)58-62(63,52-15-11-13-39)53-18-26-16-27(17-28(26)57-61(50)51)55-30-12-14-40-20-41-30/h12,14,20-29,32-33,37H,11,15-19H2,1-10H3,(H2-,42,43,44,46,48,49,50,51)/p+1/t26-,27-,28+,29-,32-,33-,37-,62+/m1/s1. The van der Waals surface area contributed by atoms with Crippen LogP contribution in [0.3, 0.4) is 0 Å². The Labute approximate surface area is 385 Å². The zero-order chi connectivity index (χ0) is 47.4. The van der Waals surface area contributed by atoms with Gasteiger partial charge in [0.2, 0.25) is 17.7 Å². The Morgan fingerprint density at radius 1 is 1.11 bits per heavy atom. The van der Waals surface area contributed by atoms with E-state index >= 15 is 0 Å². The van der Waals surface area contributed by atoms with Crippen LogP contribution in [0.15, 0.2) is 23.4 Å². The lowest BCUT2D eigenvalue weighted by Gasteiger charge is -2.51. The summed E-state index contributed by atoms with van der Waals surface area (Å²) in [6, 6.07) is 3.65. The summed E-state index contributed by atoms with van der Waals surface area (Å²) in [4.78, 5) is 51.2. The summed E-state index contributed by atoms with van der Waals surface area (Å²) in [5.41, 5.74) is -1.01. The predicted octanol–water partition coefficient (Wildman–Crippen LogP) is 6.20. The Morgan fingerprint density at radius 3 is 2.43 bits per heavy atom. The zero-order valence-electron chi connectivity index (χ0n) is 38.2. The summed E-state index contributed by atoms with van der Waals surface area (Å²) >= 11 is 6.18. The highest BCUT2D eigenvalue weighted by Crippen LogP contribution is 2.57. The van der Waals surface area contributed by atoms with Crippen LogP contribution in [0.2, 0.25) is 22.2 Å². The fourth-order valence-electron chi connectivity index (χ4n) is 8.47. The molecular formula is C38H60N9O13P2SSi2+. The molecule has 9 atom stereocenters. The van der Waals surface area contributed by atoms with Crippen LogP contribution in [-0.2, 0) is 57.0 Å².